The lowest BCUT2D eigenvalue weighted by Crippen LogP contribution is -2.56. The topological polar surface area (TPSA) is 53.7 Å². The number of anilines is 1. The third kappa shape index (κ3) is 1.59. The third-order valence-corrected chi connectivity index (χ3v) is 5.53. The van der Waals surface area contributed by atoms with Gasteiger partial charge in [-0.25, -0.2) is 5.01 Å². The lowest BCUT2D eigenvalue weighted by atomic mass is 9.93. The molecule has 4 rings (SSSR count). The predicted molar refractivity (Wildman–Crippen MR) is 93.4 cm³/mol. The van der Waals surface area contributed by atoms with Crippen molar-refractivity contribution in [3.05, 3.63) is 47.3 Å². The number of carbonyl (C=O) groups is 1. The van der Waals surface area contributed by atoms with Gasteiger partial charge in [0.25, 0.3) is 5.91 Å². The normalized spacial score (nSPS) is 25.6. The van der Waals surface area contributed by atoms with Crippen molar-refractivity contribution in [1.29, 1.82) is 0 Å². The van der Waals surface area contributed by atoms with Crippen LogP contribution in [0.25, 0.3) is 0 Å². The molecule has 0 fully saturated rings. The van der Waals surface area contributed by atoms with Crippen LogP contribution in [-0.4, -0.2) is 38.7 Å². The summed E-state index contributed by atoms with van der Waals surface area (Å²) in [4.78, 5) is 14.6. The Labute approximate surface area is 145 Å². The number of para-hydroxylation sites is 1. The van der Waals surface area contributed by atoms with Crippen molar-refractivity contribution in [2.75, 3.05) is 12.1 Å². The molecule has 1 aromatic carbocycles. The number of benzene rings is 1. The first kappa shape index (κ1) is 15.2. The van der Waals surface area contributed by atoms with Crippen LogP contribution in [-0.2, 0) is 12.7 Å². The van der Waals surface area contributed by atoms with E-state index >= 15 is 0 Å². The van der Waals surface area contributed by atoms with Crippen molar-refractivity contribution in [2.45, 2.75) is 24.9 Å². The van der Waals surface area contributed by atoms with E-state index in [0.717, 1.165) is 22.7 Å². The molecule has 2 unspecified atom stereocenters. The lowest BCUT2D eigenvalue weighted by molar-refractivity contribution is 0.0643. The number of aryl methyl sites for hydroxylation is 2. The number of fused-ring (bicyclic) bond motifs is 2. The highest BCUT2D eigenvalue weighted by molar-refractivity contribution is 6.34. The van der Waals surface area contributed by atoms with Crippen LogP contribution in [0, 0.1) is 6.92 Å². The third-order valence-electron chi connectivity index (χ3n) is 4.91. The van der Waals surface area contributed by atoms with Crippen molar-refractivity contribution in [3.63, 3.8) is 0 Å². The average Bonchev–Trinajstić information content (AvgIpc) is 3.10. The number of alkyl halides is 1. The summed E-state index contributed by atoms with van der Waals surface area (Å²) < 4.78 is 1.64. The number of halogens is 1. The maximum absolute atomic E-state index is 12.9. The van der Waals surface area contributed by atoms with E-state index in [2.05, 4.69) is 5.10 Å². The van der Waals surface area contributed by atoms with Gasteiger partial charge in [0.1, 0.15) is 11.1 Å². The SMILES string of the molecule is CC1=NN(c2ccccc2)C2(c3c(C)nn(C)c3C(=O)N2C)C1Cl. The van der Waals surface area contributed by atoms with Crippen LogP contribution >= 0.6 is 11.6 Å². The summed E-state index contributed by atoms with van der Waals surface area (Å²) in [5, 5.41) is 10.6. The Morgan fingerprint density at radius 1 is 1.17 bits per heavy atom. The molecule has 0 bridgehead atoms. The van der Waals surface area contributed by atoms with Gasteiger partial charge >= 0.3 is 0 Å². The Morgan fingerprint density at radius 3 is 2.50 bits per heavy atom. The van der Waals surface area contributed by atoms with Crippen molar-refractivity contribution in [2.24, 2.45) is 12.1 Å². The highest BCUT2D eigenvalue weighted by atomic mass is 35.5. The zero-order valence-electron chi connectivity index (χ0n) is 14.0. The van der Waals surface area contributed by atoms with Crippen LogP contribution in [0.2, 0.25) is 0 Å². The van der Waals surface area contributed by atoms with Gasteiger partial charge in [-0.15, -0.1) is 11.6 Å². The maximum atomic E-state index is 12.9. The van der Waals surface area contributed by atoms with Crippen molar-refractivity contribution < 1.29 is 4.79 Å². The Bertz CT molecular complexity index is 875. The molecule has 1 spiro atoms. The molecule has 2 aromatic rings. The molecule has 2 aliphatic rings. The summed E-state index contributed by atoms with van der Waals surface area (Å²) in [6, 6.07) is 9.78. The molecule has 1 amide bonds. The van der Waals surface area contributed by atoms with Gasteiger partial charge in [0.2, 0.25) is 0 Å². The number of nitrogens with zero attached hydrogens (tertiary/aromatic N) is 5. The first-order chi connectivity index (χ1) is 11.4. The minimum atomic E-state index is -0.891. The van der Waals surface area contributed by atoms with Crippen LogP contribution < -0.4 is 5.01 Å². The number of amides is 1. The van der Waals surface area contributed by atoms with Gasteiger partial charge in [0, 0.05) is 14.1 Å². The first-order valence-electron chi connectivity index (χ1n) is 7.77. The van der Waals surface area contributed by atoms with E-state index in [-0.39, 0.29) is 5.91 Å². The van der Waals surface area contributed by atoms with E-state index in [1.807, 2.05) is 49.2 Å². The first-order valence-corrected chi connectivity index (χ1v) is 8.21. The van der Waals surface area contributed by atoms with E-state index in [4.69, 9.17) is 16.7 Å². The highest BCUT2D eigenvalue weighted by Crippen LogP contribution is 2.51. The number of aromatic nitrogens is 2. The molecule has 0 saturated carbocycles. The number of rotatable bonds is 1. The largest absolute Gasteiger partial charge is 0.310 e. The minimum Gasteiger partial charge on any atom is -0.310 e. The van der Waals surface area contributed by atoms with Crippen LogP contribution in [0.4, 0.5) is 5.69 Å². The molecule has 0 N–H and O–H groups in total. The molecule has 3 heterocycles. The standard InChI is InChI=1S/C17H18ClN5O/c1-10-13-14(22(4)19-10)16(24)21(3)17(13)15(18)11(2)20-23(17)12-8-6-5-7-9-12/h5-9,15H,1-4H3. The van der Waals surface area contributed by atoms with Crippen molar-refractivity contribution in [1.82, 2.24) is 14.7 Å². The minimum absolute atomic E-state index is 0.0930. The van der Waals surface area contributed by atoms with Gasteiger partial charge in [-0.1, -0.05) is 18.2 Å². The summed E-state index contributed by atoms with van der Waals surface area (Å²) in [6.07, 6.45) is 0. The molecular formula is C17H18ClN5O. The molecule has 0 aliphatic carbocycles. The number of hydrogen-bond donors (Lipinski definition) is 0. The smallest absolute Gasteiger partial charge is 0.274 e. The van der Waals surface area contributed by atoms with Crippen LogP contribution in [0.1, 0.15) is 28.7 Å². The Hall–Kier alpha value is -2.34. The highest BCUT2D eigenvalue weighted by Gasteiger charge is 2.63. The molecule has 1 aromatic heterocycles. The molecule has 6 nitrogen and oxygen atoms in total. The zero-order valence-corrected chi connectivity index (χ0v) is 14.7. The fourth-order valence-electron chi connectivity index (χ4n) is 3.88. The zero-order chi connectivity index (χ0) is 17.2. The fourth-order valence-corrected chi connectivity index (χ4v) is 4.27. The Kier molecular flexibility index (Phi) is 3.06. The quantitative estimate of drug-likeness (QED) is 0.747. The Balaban J connectivity index is 2.04. The van der Waals surface area contributed by atoms with Crippen LogP contribution in [0.3, 0.4) is 0 Å². The fraction of sp³-hybridized carbons (Fsp3) is 0.353. The van der Waals surface area contributed by atoms with E-state index in [1.54, 1.807) is 23.7 Å². The predicted octanol–water partition coefficient (Wildman–Crippen LogP) is 2.47. The molecule has 0 saturated heterocycles. The van der Waals surface area contributed by atoms with E-state index in [1.165, 1.54) is 0 Å². The van der Waals surface area contributed by atoms with Crippen molar-refractivity contribution in [3.8, 4) is 0 Å². The number of hydrogen-bond acceptors (Lipinski definition) is 4. The summed E-state index contributed by atoms with van der Waals surface area (Å²) >= 11 is 6.84. The van der Waals surface area contributed by atoms with Gasteiger partial charge in [0.05, 0.1) is 22.7 Å². The average molecular weight is 344 g/mol. The molecule has 124 valence electrons. The molecular weight excluding hydrogens is 326 g/mol. The van der Waals surface area contributed by atoms with E-state index in [9.17, 15) is 4.79 Å². The second kappa shape index (κ2) is 4.83. The molecule has 0 radical (unpaired) electrons. The monoisotopic (exact) mass is 343 g/mol. The van der Waals surface area contributed by atoms with Gasteiger partial charge < -0.3 is 4.90 Å². The van der Waals surface area contributed by atoms with Gasteiger partial charge in [-0.3, -0.25) is 9.48 Å². The van der Waals surface area contributed by atoms with Crippen LogP contribution in [0.15, 0.2) is 35.4 Å². The second-order valence-corrected chi connectivity index (χ2v) is 6.71. The molecule has 2 aliphatic heterocycles. The van der Waals surface area contributed by atoms with Crippen molar-refractivity contribution >= 4 is 28.9 Å². The Morgan fingerprint density at radius 2 is 1.83 bits per heavy atom. The van der Waals surface area contributed by atoms with Gasteiger partial charge in [-0.05, 0) is 26.0 Å². The van der Waals surface area contributed by atoms with E-state index in [0.29, 0.717) is 5.69 Å². The summed E-state index contributed by atoms with van der Waals surface area (Å²) in [5.41, 5.74) is 2.97. The molecule has 2 atom stereocenters. The molecule has 7 heteroatoms. The summed E-state index contributed by atoms with van der Waals surface area (Å²) in [7, 11) is 3.57. The summed E-state index contributed by atoms with van der Waals surface area (Å²) in [6.45, 7) is 3.80. The van der Waals surface area contributed by atoms with Gasteiger partial charge in [0.15, 0.2) is 5.66 Å². The lowest BCUT2D eigenvalue weighted by Gasteiger charge is -2.42. The van der Waals surface area contributed by atoms with Gasteiger partial charge in [-0.2, -0.15) is 10.2 Å². The van der Waals surface area contributed by atoms with Crippen LogP contribution in [0.5, 0.6) is 0 Å². The number of carbonyl (C=O) groups excluding carboxylic acids is 1. The maximum Gasteiger partial charge on any atom is 0.274 e. The number of hydrazone groups is 1. The molecule has 24 heavy (non-hydrogen) atoms. The second-order valence-electron chi connectivity index (χ2n) is 6.27. The summed E-state index contributed by atoms with van der Waals surface area (Å²) in [5.74, 6) is -0.0930. The van der Waals surface area contributed by atoms with E-state index < -0.39 is 11.0 Å².